The lowest BCUT2D eigenvalue weighted by Gasteiger charge is -2.39. The molecule has 6 nitrogen and oxygen atoms in total. The molecule has 0 saturated carbocycles. The Morgan fingerprint density at radius 3 is 2.24 bits per heavy atom. The highest BCUT2D eigenvalue weighted by Gasteiger charge is 2.34. The second kappa shape index (κ2) is 10.3. The smallest absolute Gasteiger partial charge is 0.243 e. The van der Waals surface area contributed by atoms with Crippen molar-refractivity contribution in [2.24, 2.45) is 0 Å². The van der Waals surface area contributed by atoms with Crippen LogP contribution in [-0.4, -0.2) is 67.7 Å². The van der Waals surface area contributed by atoms with Gasteiger partial charge in [-0.05, 0) is 52.1 Å². The minimum atomic E-state index is -3.59. The molecule has 196 valence electrons. The van der Waals surface area contributed by atoms with Crippen molar-refractivity contribution in [2.75, 3.05) is 39.3 Å². The zero-order valence-electron chi connectivity index (χ0n) is 21.8. The molecule has 1 amide bonds. The van der Waals surface area contributed by atoms with E-state index in [1.165, 1.54) is 20.3 Å². The fourth-order valence-corrected chi connectivity index (χ4v) is 7.62. The summed E-state index contributed by atoms with van der Waals surface area (Å²) in [6, 6.07) is 19.8. The average molecular weight is 538 g/mol. The third kappa shape index (κ3) is 5.39. The van der Waals surface area contributed by atoms with Gasteiger partial charge in [0, 0.05) is 37.6 Å². The van der Waals surface area contributed by atoms with Crippen molar-refractivity contribution in [3.05, 3.63) is 87.6 Å². The van der Waals surface area contributed by atoms with Crippen LogP contribution in [0.2, 0.25) is 0 Å². The second-order valence-corrected chi connectivity index (χ2v) is 13.8. The number of benzene rings is 2. The number of hydrogen-bond donors (Lipinski definition) is 0. The van der Waals surface area contributed by atoms with Crippen molar-refractivity contribution in [1.82, 2.24) is 14.1 Å². The van der Waals surface area contributed by atoms with Gasteiger partial charge in [-0.25, -0.2) is 8.42 Å². The van der Waals surface area contributed by atoms with E-state index in [0.29, 0.717) is 37.6 Å². The summed E-state index contributed by atoms with van der Waals surface area (Å²) in [6.07, 6.45) is 0.948. The maximum absolute atomic E-state index is 13.4. The molecule has 3 aromatic rings. The lowest BCUT2D eigenvalue weighted by atomic mass is 9.87. The second-order valence-electron chi connectivity index (χ2n) is 10.9. The van der Waals surface area contributed by atoms with Gasteiger partial charge in [0.2, 0.25) is 15.9 Å². The molecule has 0 N–H and O–H groups in total. The van der Waals surface area contributed by atoms with E-state index in [-0.39, 0.29) is 17.4 Å². The molecule has 2 aliphatic heterocycles. The number of amides is 1. The molecule has 2 aromatic carbocycles. The van der Waals surface area contributed by atoms with Crippen LogP contribution in [0, 0.1) is 0 Å². The molecule has 2 aliphatic rings. The van der Waals surface area contributed by atoms with E-state index < -0.39 is 10.0 Å². The Morgan fingerprint density at radius 1 is 0.919 bits per heavy atom. The van der Waals surface area contributed by atoms with E-state index in [0.717, 1.165) is 18.5 Å². The Morgan fingerprint density at radius 2 is 1.59 bits per heavy atom. The Labute approximate surface area is 224 Å². The monoisotopic (exact) mass is 537 g/mol. The maximum atomic E-state index is 13.4. The van der Waals surface area contributed by atoms with E-state index in [9.17, 15) is 13.2 Å². The van der Waals surface area contributed by atoms with Gasteiger partial charge in [-0.15, -0.1) is 11.3 Å². The van der Waals surface area contributed by atoms with E-state index in [1.54, 1.807) is 23.5 Å². The van der Waals surface area contributed by atoms with Gasteiger partial charge in [-0.1, -0.05) is 63.2 Å². The van der Waals surface area contributed by atoms with Crippen LogP contribution in [0.4, 0.5) is 0 Å². The fraction of sp³-hybridized carbons (Fsp3) is 0.414. The Hall–Kier alpha value is -2.52. The Kier molecular flexibility index (Phi) is 7.29. The minimum absolute atomic E-state index is 0.0346. The number of carbonyl (C=O) groups is 1. The highest BCUT2D eigenvalue weighted by Crippen LogP contribution is 2.37. The molecule has 1 atom stereocenters. The van der Waals surface area contributed by atoms with Crippen LogP contribution in [0.5, 0.6) is 0 Å². The molecule has 1 aromatic heterocycles. The quantitative estimate of drug-likeness (QED) is 0.480. The maximum Gasteiger partial charge on any atom is 0.243 e. The summed E-state index contributed by atoms with van der Waals surface area (Å²) in [4.78, 5) is 19.2. The summed E-state index contributed by atoms with van der Waals surface area (Å²) in [5.41, 5.74) is 3.56. The zero-order chi connectivity index (χ0) is 26.2. The largest absolute Gasteiger partial charge is 0.339 e. The van der Waals surface area contributed by atoms with Crippen molar-refractivity contribution in [1.29, 1.82) is 0 Å². The third-order valence-corrected chi connectivity index (χ3v) is 10.4. The molecule has 1 saturated heterocycles. The van der Waals surface area contributed by atoms with Gasteiger partial charge in [0.25, 0.3) is 0 Å². The highest BCUT2D eigenvalue weighted by atomic mass is 32.2. The van der Waals surface area contributed by atoms with Crippen molar-refractivity contribution in [3.8, 4) is 0 Å². The van der Waals surface area contributed by atoms with Gasteiger partial charge in [-0.2, -0.15) is 4.31 Å². The lowest BCUT2D eigenvalue weighted by Crippen LogP contribution is -2.53. The molecule has 0 unspecified atom stereocenters. The molecule has 3 heterocycles. The number of carbonyl (C=O) groups excluding carboxylic acids is 1. The molecular formula is C29H35N3O3S2. The van der Waals surface area contributed by atoms with Crippen molar-refractivity contribution in [3.63, 3.8) is 0 Å². The summed E-state index contributed by atoms with van der Waals surface area (Å²) in [6.45, 7) is 8.93. The van der Waals surface area contributed by atoms with Gasteiger partial charge in [0.15, 0.2) is 0 Å². The van der Waals surface area contributed by atoms with Gasteiger partial charge in [0.05, 0.1) is 17.5 Å². The number of sulfonamides is 1. The zero-order valence-corrected chi connectivity index (χ0v) is 23.4. The predicted molar refractivity (Wildman–Crippen MR) is 148 cm³/mol. The topological polar surface area (TPSA) is 60.9 Å². The summed E-state index contributed by atoms with van der Waals surface area (Å²) in [5, 5.41) is 2.14. The van der Waals surface area contributed by atoms with Crippen molar-refractivity contribution < 1.29 is 13.2 Å². The standard InChI is InChI=1S/C29H35N3O3S2/c1-29(2,3)23-9-11-24(12-10-23)37(34,35)32-18-16-30(17-19-32)27(33)21-31-15-13-26-25(14-20-36-26)28(31)22-7-5-4-6-8-22/h4-12,14,20,28H,13,15-19,21H2,1-3H3/t28-/m0/s1. The molecule has 8 heteroatoms. The van der Waals surface area contributed by atoms with Crippen LogP contribution < -0.4 is 0 Å². The molecule has 0 spiro atoms. The SMILES string of the molecule is CC(C)(C)c1ccc(S(=O)(=O)N2CCN(C(=O)CN3CCc4sccc4[C@@H]3c3ccccc3)CC2)cc1. The number of piperazine rings is 1. The first-order valence-corrected chi connectivity index (χ1v) is 15.2. The predicted octanol–water partition coefficient (Wildman–Crippen LogP) is 4.53. The molecule has 0 bridgehead atoms. The first kappa shape index (κ1) is 26.1. The van der Waals surface area contributed by atoms with Crippen LogP contribution in [-0.2, 0) is 26.7 Å². The van der Waals surface area contributed by atoms with Crippen LogP contribution in [0.15, 0.2) is 70.9 Å². The average Bonchev–Trinajstić information content (AvgIpc) is 3.37. The van der Waals surface area contributed by atoms with E-state index in [1.807, 2.05) is 35.2 Å². The van der Waals surface area contributed by atoms with Crippen molar-refractivity contribution >= 4 is 27.3 Å². The van der Waals surface area contributed by atoms with Crippen LogP contribution >= 0.6 is 11.3 Å². The van der Waals surface area contributed by atoms with Crippen LogP contribution in [0.25, 0.3) is 0 Å². The normalized spacial score (nSPS) is 19.5. The van der Waals surface area contributed by atoms with E-state index >= 15 is 0 Å². The number of thiophene rings is 1. The Balaban J connectivity index is 1.24. The molecule has 37 heavy (non-hydrogen) atoms. The van der Waals surface area contributed by atoms with Gasteiger partial charge < -0.3 is 4.90 Å². The molecule has 5 rings (SSSR count). The molecule has 1 fully saturated rings. The van der Waals surface area contributed by atoms with Gasteiger partial charge in [0.1, 0.15) is 0 Å². The summed E-state index contributed by atoms with van der Waals surface area (Å²) >= 11 is 1.79. The number of rotatable bonds is 5. The van der Waals surface area contributed by atoms with Gasteiger partial charge >= 0.3 is 0 Å². The Bertz CT molecular complexity index is 1340. The molecular weight excluding hydrogens is 502 g/mol. The number of fused-ring (bicyclic) bond motifs is 1. The first-order chi connectivity index (χ1) is 17.6. The number of hydrogen-bond acceptors (Lipinski definition) is 5. The van der Waals surface area contributed by atoms with Crippen LogP contribution in [0.3, 0.4) is 0 Å². The summed E-state index contributed by atoms with van der Waals surface area (Å²) in [7, 11) is -3.59. The van der Waals surface area contributed by atoms with Crippen molar-refractivity contribution in [2.45, 2.75) is 43.5 Å². The van der Waals surface area contributed by atoms with Gasteiger partial charge in [-0.3, -0.25) is 9.69 Å². The lowest BCUT2D eigenvalue weighted by molar-refractivity contribution is -0.134. The van der Waals surface area contributed by atoms with E-state index in [2.05, 4.69) is 49.3 Å². The fourth-order valence-electron chi connectivity index (χ4n) is 5.29. The number of nitrogens with zero attached hydrogens (tertiary/aromatic N) is 3. The third-order valence-electron chi connectivity index (χ3n) is 7.47. The summed E-state index contributed by atoms with van der Waals surface area (Å²) in [5.74, 6) is 0.0613. The molecule has 0 radical (unpaired) electrons. The highest BCUT2D eigenvalue weighted by molar-refractivity contribution is 7.89. The van der Waals surface area contributed by atoms with E-state index in [4.69, 9.17) is 0 Å². The molecule has 0 aliphatic carbocycles. The summed E-state index contributed by atoms with van der Waals surface area (Å²) < 4.78 is 28.0. The minimum Gasteiger partial charge on any atom is -0.339 e. The first-order valence-electron chi connectivity index (χ1n) is 12.9. The van der Waals surface area contributed by atoms with Crippen LogP contribution in [0.1, 0.15) is 48.4 Å².